The highest BCUT2D eigenvalue weighted by molar-refractivity contribution is 9.09. The minimum Gasteiger partial charge on any atom is -0.207 e. The molecule has 0 aromatic heterocycles. The Morgan fingerprint density at radius 3 is 1.94 bits per heavy atom. The summed E-state index contributed by atoms with van der Waals surface area (Å²) in [4.78, 5) is 0.694. The summed E-state index contributed by atoms with van der Waals surface area (Å²) in [6.07, 6.45) is 0. The van der Waals surface area contributed by atoms with Gasteiger partial charge in [-0.3, -0.25) is 0 Å². The Hall–Kier alpha value is -0.390. The van der Waals surface area contributed by atoms with Crippen LogP contribution in [-0.4, -0.2) is 31.6 Å². The number of hydrogen-bond donors (Lipinski definition) is 0. The molecule has 1 aromatic rings. The van der Waals surface area contributed by atoms with Crippen molar-refractivity contribution in [2.24, 2.45) is 0 Å². The summed E-state index contributed by atoms with van der Waals surface area (Å²) >= 11 is 3.53. The molecule has 2 unspecified atom stereocenters. The lowest BCUT2D eigenvalue weighted by Crippen LogP contribution is -2.22. The van der Waals surface area contributed by atoms with E-state index < -0.39 is 10.0 Å². The normalized spacial score (nSPS) is 15.9. The van der Waals surface area contributed by atoms with Crippen LogP contribution in [0.25, 0.3) is 0 Å². The van der Waals surface area contributed by atoms with Crippen LogP contribution >= 0.6 is 15.9 Å². The van der Waals surface area contributed by atoms with E-state index >= 15 is 0 Å². The molecule has 0 fully saturated rings. The SMILES string of the molecule is CC(Br)C(C)c1ccc(S(=O)(=O)N(C)C)cc1. The molecule has 5 heteroatoms. The Bertz CT molecular complexity index is 466. The fourth-order valence-corrected chi connectivity index (χ4v) is 2.63. The zero-order valence-electron chi connectivity index (χ0n) is 10.5. The Morgan fingerprint density at radius 1 is 1.12 bits per heavy atom. The molecule has 1 aromatic carbocycles. The maximum atomic E-state index is 11.9. The number of nitrogens with zero attached hydrogens (tertiary/aromatic N) is 1. The molecule has 0 N–H and O–H groups in total. The number of halogens is 1. The second-order valence-corrected chi connectivity index (χ2v) is 7.92. The van der Waals surface area contributed by atoms with Crippen molar-refractivity contribution in [1.29, 1.82) is 0 Å². The molecule has 1 rings (SSSR count). The number of rotatable bonds is 4. The fourth-order valence-electron chi connectivity index (χ4n) is 1.42. The smallest absolute Gasteiger partial charge is 0.207 e. The van der Waals surface area contributed by atoms with E-state index in [1.54, 1.807) is 12.1 Å². The number of alkyl halides is 1. The van der Waals surface area contributed by atoms with Crippen LogP contribution in [0.1, 0.15) is 25.3 Å². The first kappa shape index (κ1) is 14.7. The van der Waals surface area contributed by atoms with E-state index in [1.165, 1.54) is 18.4 Å². The summed E-state index contributed by atoms with van der Waals surface area (Å²) in [6.45, 7) is 4.18. The van der Waals surface area contributed by atoms with Gasteiger partial charge in [-0.1, -0.05) is 41.9 Å². The van der Waals surface area contributed by atoms with Crippen molar-refractivity contribution in [3.8, 4) is 0 Å². The van der Waals surface area contributed by atoms with Gasteiger partial charge in [0, 0.05) is 18.9 Å². The fraction of sp³-hybridized carbons (Fsp3) is 0.500. The van der Waals surface area contributed by atoms with Crippen molar-refractivity contribution >= 4 is 26.0 Å². The van der Waals surface area contributed by atoms with Gasteiger partial charge in [0.25, 0.3) is 0 Å². The average molecular weight is 320 g/mol. The molecule has 96 valence electrons. The van der Waals surface area contributed by atoms with E-state index in [0.717, 1.165) is 5.56 Å². The summed E-state index contributed by atoms with van der Waals surface area (Å²) in [7, 11) is -0.250. The van der Waals surface area contributed by atoms with Crippen molar-refractivity contribution in [3.05, 3.63) is 29.8 Å². The van der Waals surface area contributed by atoms with Crippen molar-refractivity contribution < 1.29 is 8.42 Å². The molecule has 0 bridgehead atoms. The predicted octanol–water partition coefficient (Wildman–Crippen LogP) is 2.82. The van der Waals surface area contributed by atoms with E-state index in [-0.39, 0.29) is 0 Å². The first-order valence-electron chi connectivity index (χ1n) is 5.43. The molecular weight excluding hydrogens is 302 g/mol. The molecule has 0 aliphatic carbocycles. The van der Waals surface area contributed by atoms with Crippen LogP contribution in [0, 0.1) is 0 Å². The van der Waals surface area contributed by atoms with Gasteiger partial charge in [-0.05, 0) is 23.6 Å². The lowest BCUT2D eigenvalue weighted by atomic mass is 9.99. The Kier molecular flexibility index (Phi) is 4.75. The van der Waals surface area contributed by atoms with Crippen LogP contribution < -0.4 is 0 Å². The van der Waals surface area contributed by atoms with E-state index in [0.29, 0.717) is 15.6 Å². The van der Waals surface area contributed by atoms with Gasteiger partial charge >= 0.3 is 0 Å². The number of sulfonamides is 1. The minimum atomic E-state index is -3.32. The van der Waals surface area contributed by atoms with Crippen LogP contribution in [0.5, 0.6) is 0 Å². The molecule has 3 nitrogen and oxygen atoms in total. The summed E-state index contributed by atoms with van der Waals surface area (Å²) in [6, 6.07) is 7.07. The van der Waals surface area contributed by atoms with Crippen molar-refractivity contribution in [2.45, 2.75) is 29.5 Å². The third-order valence-electron chi connectivity index (χ3n) is 2.87. The lowest BCUT2D eigenvalue weighted by Gasteiger charge is -2.16. The highest BCUT2D eigenvalue weighted by Gasteiger charge is 2.18. The Balaban J connectivity index is 3.05. The molecule has 0 aliphatic rings. The van der Waals surface area contributed by atoms with Crippen LogP contribution in [0.3, 0.4) is 0 Å². The van der Waals surface area contributed by atoms with Crippen LogP contribution in [0.4, 0.5) is 0 Å². The van der Waals surface area contributed by atoms with Gasteiger partial charge in [0.2, 0.25) is 10.0 Å². The first-order chi connectivity index (χ1) is 7.76. The van der Waals surface area contributed by atoms with Crippen molar-refractivity contribution in [1.82, 2.24) is 4.31 Å². The third kappa shape index (κ3) is 3.30. The van der Waals surface area contributed by atoms with Crippen LogP contribution in [-0.2, 0) is 10.0 Å². The van der Waals surface area contributed by atoms with Crippen LogP contribution in [0.15, 0.2) is 29.2 Å². The minimum absolute atomic E-state index is 0.334. The molecule has 0 saturated carbocycles. The zero-order valence-corrected chi connectivity index (χ0v) is 12.9. The van der Waals surface area contributed by atoms with Gasteiger partial charge in [-0.2, -0.15) is 0 Å². The second kappa shape index (κ2) is 5.50. The van der Waals surface area contributed by atoms with Crippen molar-refractivity contribution in [3.63, 3.8) is 0 Å². The monoisotopic (exact) mass is 319 g/mol. The van der Waals surface area contributed by atoms with Gasteiger partial charge in [0.1, 0.15) is 0 Å². The zero-order chi connectivity index (χ0) is 13.2. The van der Waals surface area contributed by atoms with E-state index in [1.807, 2.05) is 12.1 Å². The van der Waals surface area contributed by atoms with Gasteiger partial charge in [-0.25, -0.2) is 12.7 Å². The van der Waals surface area contributed by atoms with E-state index in [4.69, 9.17) is 0 Å². The van der Waals surface area contributed by atoms with Gasteiger partial charge in [-0.15, -0.1) is 0 Å². The summed E-state index contributed by atoms with van der Waals surface area (Å²) < 4.78 is 24.9. The molecule has 0 heterocycles. The van der Waals surface area contributed by atoms with Gasteiger partial charge in [0.05, 0.1) is 4.90 Å². The maximum Gasteiger partial charge on any atom is 0.242 e. The highest BCUT2D eigenvalue weighted by Crippen LogP contribution is 2.25. The second-order valence-electron chi connectivity index (χ2n) is 4.32. The third-order valence-corrected chi connectivity index (χ3v) is 5.50. The van der Waals surface area contributed by atoms with E-state index in [9.17, 15) is 8.42 Å². The molecule has 0 aliphatic heterocycles. The molecule has 0 spiro atoms. The topological polar surface area (TPSA) is 37.4 Å². The largest absolute Gasteiger partial charge is 0.242 e. The summed E-state index contributed by atoms with van der Waals surface area (Å²) in [5, 5.41) is 0. The number of hydrogen-bond acceptors (Lipinski definition) is 2. The highest BCUT2D eigenvalue weighted by atomic mass is 79.9. The first-order valence-corrected chi connectivity index (χ1v) is 7.79. The molecule has 2 atom stereocenters. The quantitative estimate of drug-likeness (QED) is 0.800. The summed E-state index contributed by atoms with van der Waals surface area (Å²) in [5.41, 5.74) is 1.13. The molecule has 0 radical (unpaired) electrons. The van der Waals surface area contributed by atoms with Gasteiger partial charge < -0.3 is 0 Å². The molecule has 0 amide bonds. The van der Waals surface area contributed by atoms with E-state index in [2.05, 4.69) is 29.8 Å². The maximum absolute atomic E-state index is 11.9. The van der Waals surface area contributed by atoms with Crippen molar-refractivity contribution in [2.75, 3.05) is 14.1 Å². The Labute approximate surface area is 112 Å². The number of benzene rings is 1. The lowest BCUT2D eigenvalue weighted by molar-refractivity contribution is 0.520. The summed E-state index contributed by atoms with van der Waals surface area (Å²) in [5.74, 6) is 0.353. The van der Waals surface area contributed by atoms with Gasteiger partial charge in [0.15, 0.2) is 0 Å². The molecule has 17 heavy (non-hydrogen) atoms. The predicted molar refractivity (Wildman–Crippen MR) is 74.1 cm³/mol. The van der Waals surface area contributed by atoms with Crippen LogP contribution in [0.2, 0.25) is 0 Å². The molecule has 0 saturated heterocycles. The average Bonchev–Trinajstić information content (AvgIpc) is 2.27. The molecular formula is C12H18BrNO2S. The Morgan fingerprint density at radius 2 is 1.59 bits per heavy atom. The standard InChI is InChI=1S/C12H18BrNO2S/c1-9(10(2)13)11-5-7-12(8-6-11)17(15,16)14(3)4/h5-10H,1-4H3.